The lowest BCUT2D eigenvalue weighted by molar-refractivity contribution is -0.122. The molecule has 2 aromatic rings. The molecular formula is C20H27N3O. The number of benzene rings is 2. The number of nitrogens with one attached hydrogen (secondary N) is 1. The van der Waals surface area contributed by atoms with Gasteiger partial charge in [-0.05, 0) is 31.5 Å². The van der Waals surface area contributed by atoms with Crippen molar-refractivity contribution in [2.45, 2.75) is 32.0 Å². The highest BCUT2D eigenvalue weighted by molar-refractivity contribution is 5.82. The molecule has 2 rings (SSSR count). The van der Waals surface area contributed by atoms with E-state index in [2.05, 4.69) is 48.5 Å². The quantitative estimate of drug-likeness (QED) is 0.784. The molecule has 128 valence electrons. The van der Waals surface area contributed by atoms with Crippen LogP contribution in [0.3, 0.4) is 0 Å². The second-order valence-electron chi connectivity index (χ2n) is 6.22. The minimum absolute atomic E-state index is 0.126. The Labute approximate surface area is 144 Å². The summed E-state index contributed by atoms with van der Waals surface area (Å²) in [5.74, 6) is -0.126. The van der Waals surface area contributed by atoms with Crippen LogP contribution in [-0.4, -0.2) is 30.4 Å². The predicted octanol–water partition coefficient (Wildman–Crippen LogP) is 2.71. The van der Waals surface area contributed by atoms with Gasteiger partial charge in [0.05, 0.1) is 0 Å². The average Bonchev–Trinajstić information content (AvgIpc) is 2.62. The predicted molar refractivity (Wildman–Crippen MR) is 98.4 cm³/mol. The molecule has 2 atom stereocenters. The van der Waals surface area contributed by atoms with Gasteiger partial charge in [-0.2, -0.15) is 0 Å². The highest BCUT2D eigenvalue weighted by atomic mass is 16.2. The normalized spacial score (nSPS) is 13.5. The summed E-state index contributed by atoms with van der Waals surface area (Å²) in [6, 6.07) is 19.6. The Morgan fingerprint density at radius 1 is 1.08 bits per heavy atom. The lowest BCUT2D eigenvalue weighted by Gasteiger charge is -2.25. The fourth-order valence-electron chi connectivity index (χ4n) is 2.57. The van der Waals surface area contributed by atoms with Crippen molar-refractivity contribution in [2.24, 2.45) is 5.73 Å². The summed E-state index contributed by atoms with van der Waals surface area (Å²) in [7, 11) is 2.11. The SMILES string of the molecule is CC(CCNC(=O)C(N)c1ccccc1)N(C)Cc1ccccc1. The first-order valence-corrected chi connectivity index (χ1v) is 8.40. The molecule has 4 nitrogen and oxygen atoms in total. The van der Waals surface area contributed by atoms with Gasteiger partial charge in [0, 0.05) is 19.1 Å². The number of hydrogen-bond acceptors (Lipinski definition) is 3. The molecule has 0 aromatic heterocycles. The Morgan fingerprint density at radius 2 is 1.67 bits per heavy atom. The van der Waals surface area contributed by atoms with E-state index in [1.807, 2.05) is 36.4 Å². The standard InChI is InChI=1S/C20H27N3O/c1-16(23(2)15-17-9-5-3-6-10-17)13-14-22-20(24)19(21)18-11-7-4-8-12-18/h3-12,16,19H,13-15,21H2,1-2H3,(H,22,24). The minimum Gasteiger partial charge on any atom is -0.354 e. The third-order valence-corrected chi connectivity index (χ3v) is 4.33. The molecule has 4 heteroatoms. The van der Waals surface area contributed by atoms with Gasteiger partial charge in [0.2, 0.25) is 5.91 Å². The molecule has 0 saturated heterocycles. The minimum atomic E-state index is -0.608. The Bertz CT molecular complexity index is 615. The van der Waals surface area contributed by atoms with Gasteiger partial charge >= 0.3 is 0 Å². The second kappa shape index (κ2) is 9.21. The zero-order valence-corrected chi connectivity index (χ0v) is 14.5. The monoisotopic (exact) mass is 325 g/mol. The summed E-state index contributed by atoms with van der Waals surface area (Å²) < 4.78 is 0. The van der Waals surface area contributed by atoms with Crippen molar-refractivity contribution in [1.82, 2.24) is 10.2 Å². The molecule has 2 aromatic carbocycles. The summed E-state index contributed by atoms with van der Waals surface area (Å²) in [6.45, 7) is 3.70. The van der Waals surface area contributed by atoms with Crippen LogP contribution in [0.15, 0.2) is 60.7 Å². The van der Waals surface area contributed by atoms with E-state index in [0.29, 0.717) is 12.6 Å². The van der Waals surface area contributed by atoms with Gasteiger partial charge in [-0.15, -0.1) is 0 Å². The molecule has 2 unspecified atom stereocenters. The van der Waals surface area contributed by atoms with Crippen molar-refractivity contribution in [3.05, 3.63) is 71.8 Å². The van der Waals surface area contributed by atoms with E-state index in [-0.39, 0.29) is 5.91 Å². The third-order valence-electron chi connectivity index (χ3n) is 4.33. The number of nitrogens with zero attached hydrogens (tertiary/aromatic N) is 1. The number of amides is 1. The number of rotatable bonds is 8. The number of carbonyl (C=O) groups excluding carboxylic acids is 1. The number of carbonyl (C=O) groups is 1. The van der Waals surface area contributed by atoms with Gasteiger partial charge in [-0.3, -0.25) is 9.69 Å². The van der Waals surface area contributed by atoms with Gasteiger partial charge in [0.15, 0.2) is 0 Å². The van der Waals surface area contributed by atoms with Gasteiger partial charge in [0.25, 0.3) is 0 Å². The fourth-order valence-corrected chi connectivity index (χ4v) is 2.57. The van der Waals surface area contributed by atoms with Crippen LogP contribution in [0.4, 0.5) is 0 Å². The summed E-state index contributed by atoms with van der Waals surface area (Å²) in [6.07, 6.45) is 0.885. The summed E-state index contributed by atoms with van der Waals surface area (Å²) in [4.78, 5) is 14.4. The van der Waals surface area contributed by atoms with Crippen molar-refractivity contribution < 1.29 is 4.79 Å². The zero-order chi connectivity index (χ0) is 17.4. The first kappa shape index (κ1) is 18.2. The van der Waals surface area contributed by atoms with Crippen LogP contribution in [0, 0.1) is 0 Å². The summed E-state index contributed by atoms with van der Waals surface area (Å²) >= 11 is 0. The van der Waals surface area contributed by atoms with Crippen molar-refractivity contribution in [3.8, 4) is 0 Å². The van der Waals surface area contributed by atoms with Crippen LogP contribution >= 0.6 is 0 Å². The summed E-state index contributed by atoms with van der Waals surface area (Å²) in [5.41, 5.74) is 8.13. The molecule has 0 aliphatic rings. The molecule has 1 amide bonds. The smallest absolute Gasteiger partial charge is 0.241 e. The van der Waals surface area contributed by atoms with E-state index in [1.54, 1.807) is 0 Å². The van der Waals surface area contributed by atoms with Crippen LogP contribution in [0.5, 0.6) is 0 Å². The van der Waals surface area contributed by atoms with Crippen LogP contribution in [0.2, 0.25) is 0 Å². The van der Waals surface area contributed by atoms with Gasteiger partial charge in [-0.1, -0.05) is 60.7 Å². The maximum atomic E-state index is 12.1. The van der Waals surface area contributed by atoms with Gasteiger partial charge in [0.1, 0.15) is 6.04 Å². The maximum Gasteiger partial charge on any atom is 0.241 e. The van der Waals surface area contributed by atoms with E-state index in [0.717, 1.165) is 18.5 Å². The van der Waals surface area contributed by atoms with Crippen LogP contribution in [-0.2, 0) is 11.3 Å². The van der Waals surface area contributed by atoms with Gasteiger partial charge < -0.3 is 11.1 Å². The van der Waals surface area contributed by atoms with E-state index in [9.17, 15) is 4.79 Å². The van der Waals surface area contributed by atoms with E-state index >= 15 is 0 Å². The Morgan fingerprint density at radius 3 is 2.29 bits per heavy atom. The van der Waals surface area contributed by atoms with Crippen LogP contribution < -0.4 is 11.1 Å². The molecule has 0 aliphatic carbocycles. The molecular weight excluding hydrogens is 298 g/mol. The highest BCUT2D eigenvalue weighted by Crippen LogP contribution is 2.10. The average molecular weight is 325 g/mol. The molecule has 0 bridgehead atoms. The fraction of sp³-hybridized carbons (Fsp3) is 0.350. The third kappa shape index (κ3) is 5.48. The number of hydrogen-bond donors (Lipinski definition) is 2. The van der Waals surface area contributed by atoms with E-state index in [1.165, 1.54) is 5.56 Å². The largest absolute Gasteiger partial charge is 0.354 e. The van der Waals surface area contributed by atoms with Crippen molar-refractivity contribution in [3.63, 3.8) is 0 Å². The summed E-state index contributed by atoms with van der Waals surface area (Å²) in [5, 5.41) is 2.94. The Balaban J connectivity index is 1.73. The van der Waals surface area contributed by atoms with Crippen LogP contribution in [0.1, 0.15) is 30.5 Å². The van der Waals surface area contributed by atoms with Crippen molar-refractivity contribution in [2.75, 3.05) is 13.6 Å². The Kier molecular flexibility index (Phi) is 6.97. The first-order chi connectivity index (χ1) is 11.6. The van der Waals surface area contributed by atoms with Crippen molar-refractivity contribution in [1.29, 1.82) is 0 Å². The number of nitrogens with two attached hydrogens (primary N) is 1. The Hall–Kier alpha value is -2.17. The molecule has 0 aliphatic heterocycles. The lowest BCUT2D eigenvalue weighted by atomic mass is 10.1. The molecule has 0 spiro atoms. The molecule has 0 fully saturated rings. The molecule has 0 radical (unpaired) electrons. The molecule has 0 saturated carbocycles. The van der Waals surface area contributed by atoms with Gasteiger partial charge in [-0.25, -0.2) is 0 Å². The lowest BCUT2D eigenvalue weighted by Crippen LogP contribution is -2.37. The second-order valence-corrected chi connectivity index (χ2v) is 6.22. The highest BCUT2D eigenvalue weighted by Gasteiger charge is 2.16. The maximum absolute atomic E-state index is 12.1. The molecule has 3 N–H and O–H groups in total. The van der Waals surface area contributed by atoms with E-state index in [4.69, 9.17) is 5.73 Å². The van der Waals surface area contributed by atoms with Crippen LogP contribution in [0.25, 0.3) is 0 Å². The first-order valence-electron chi connectivity index (χ1n) is 8.40. The molecule has 0 heterocycles. The van der Waals surface area contributed by atoms with Crippen molar-refractivity contribution >= 4 is 5.91 Å². The molecule has 24 heavy (non-hydrogen) atoms. The zero-order valence-electron chi connectivity index (χ0n) is 14.5. The van der Waals surface area contributed by atoms with E-state index < -0.39 is 6.04 Å². The topological polar surface area (TPSA) is 58.4 Å².